The molecule has 24 heavy (non-hydrogen) atoms. The van der Waals surface area contributed by atoms with Crippen molar-refractivity contribution >= 4 is 0 Å². The van der Waals surface area contributed by atoms with Crippen molar-refractivity contribution in [2.45, 2.75) is 82.1 Å². The van der Waals surface area contributed by atoms with Crippen LogP contribution in [0.3, 0.4) is 0 Å². The molecule has 0 aliphatic heterocycles. The summed E-state index contributed by atoms with van der Waals surface area (Å²) in [5.41, 5.74) is 0.988. The molecule has 0 saturated heterocycles. The molecule has 0 saturated carbocycles. The maximum atomic E-state index is 14.4. The minimum absolute atomic E-state index is 0.0717. The third kappa shape index (κ3) is 10.1. The van der Waals surface area contributed by atoms with Crippen LogP contribution in [-0.4, -0.2) is 0 Å². The number of hydrogen-bond acceptors (Lipinski definition) is 0. The molecule has 0 N–H and O–H groups in total. The molecule has 0 heterocycles. The van der Waals surface area contributed by atoms with Gasteiger partial charge in [-0.05, 0) is 55.1 Å². The van der Waals surface area contributed by atoms with Gasteiger partial charge in [0.1, 0.15) is 0 Å². The van der Waals surface area contributed by atoms with Gasteiger partial charge in [-0.2, -0.15) is 0 Å². The normalized spacial score (nSPS) is 16.6. The molecule has 0 aliphatic rings. The van der Waals surface area contributed by atoms with E-state index in [1.807, 2.05) is 39.8 Å². The number of halogens is 2. The minimum atomic E-state index is -0.685. The molecule has 0 bridgehead atoms. The molecular formula is C22H40F2. The van der Waals surface area contributed by atoms with E-state index in [0.717, 1.165) is 12.8 Å². The summed E-state index contributed by atoms with van der Waals surface area (Å²) in [6.07, 6.45) is 5.90. The Labute approximate surface area is 150 Å². The lowest BCUT2D eigenvalue weighted by Gasteiger charge is -2.16. The first-order valence-corrected chi connectivity index (χ1v) is 9.49. The molecule has 0 aromatic heterocycles. The molecule has 0 rings (SSSR count). The van der Waals surface area contributed by atoms with E-state index in [9.17, 15) is 8.78 Å². The zero-order valence-corrected chi connectivity index (χ0v) is 17.6. The van der Waals surface area contributed by atoms with Crippen LogP contribution in [0.4, 0.5) is 8.78 Å². The molecular weight excluding hydrogens is 302 g/mol. The summed E-state index contributed by atoms with van der Waals surface area (Å²) < 4.78 is 28.8. The second-order valence-corrected chi connectivity index (χ2v) is 7.28. The van der Waals surface area contributed by atoms with Crippen LogP contribution in [0.2, 0.25) is 0 Å². The number of rotatable bonds is 8. The van der Waals surface area contributed by atoms with Crippen molar-refractivity contribution in [3.05, 3.63) is 35.0 Å². The van der Waals surface area contributed by atoms with Gasteiger partial charge in [-0.25, -0.2) is 8.78 Å². The molecule has 0 amide bonds. The molecule has 0 aromatic rings. The monoisotopic (exact) mass is 342 g/mol. The Morgan fingerprint density at radius 3 is 1.62 bits per heavy atom. The summed E-state index contributed by atoms with van der Waals surface area (Å²) in [6.45, 7) is 19.7. The van der Waals surface area contributed by atoms with Gasteiger partial charge in [0.25, 0.3) is 0 Å². The quantitative estimate of drug-likeness (QED) is 0.307. The van der Waals surface area contributed by atoms with E-state index in [-0.39, 0.29) is 11.8 Å². The van der Waals surface area contributed by atoms with Crippen molar-refractivity contribution in [1.29, 1.82) is 0 Å². The maximum absolute atomic E-state index is 14.4. The van der Waals surface area contributed by atoms with E-state index in [0.29, 0.717) is 23.0 Å². The molecule has 0 aliphatic carbocycles. The van der Waals surface area contributed by atoms with Crippen LogP contribution in [0.5, 0.6) is 0 Å². The van der Waals surface area contributed by atoms with Crippen LogP contribution in [0.1, 0.15) is 82.1 Å². The van der Waals surface area contributed by atoms with Crippen molar-refractivity contribution in [2.75, 3.05) is 0 Å². The number of hydrogen-bond donors (Lipinski definition) is 0. The van der Waals surface area contributed by atoms with Gasteiger partial charge in [0, 0.05) is 0 Å². The SMILES string of the molecule is C/C(=C(F)\C(F)=C(/C)C(C)CCC(C)C)C(C)/C=C\C(C)C.CC. The van der Waals surface area contributed by atoms with Gasteiger partial charge in [0.05, 0.1) is 0 Å². The molecule has 142 valence electrons. The average molecular weight is 343 g/mol. The highest BCUT2D eigenvalue weighted by molar-refractivity contribution is 5.31. The van der Waals surface area contributed by atoms with Gasteiger partial charge in [-0.1, -0.05) is 74.0 Å². The molecule has 0 nitrogen and oxygen atoms in total. The van der Waals surface area contributed by atoms with Crippen LogP contribution in [0.15, 0.2) is 35.0 Å². The minimum Gasteiger partial charge on any atom is -0.204 e. The van der Waals surface area contributed by atoms with Crippen molar-refractivity contribution in [2.24, 2.45) is 23.7 Å². The van der Waals surface area contributed by atoms with Crippen LogP contribution >= 0.6 is 0 Å². The molecule has 2 unspecified atom stereocenters. The fourth-order valence-corrected chi connectivity index (χ4v) is 2.10. The molecule has 0 aromatic carbocycles. The van der Waals surface area contributed by atoms with E-state index in [4.69, 9.17) is 0 Å². The van der Waals surface area contributed by atoms with E-state index in [1.165, 1.54) is 0 Å². The maximum Gasteiger partial charge on any atom is 0.158 e. The highest BCUT2D eigenvalue weighted by atomic mass is 19.2. The van der Waals surface area contributed by atoms with Crippen molar-refractivity contribution < 1.29 is 8.78 Å². The van der Waals surface area contributed by atoms with Gasteiger partial charge >= 0.3 is 0 Å². The van der Waals surface area contributed by atoms with Crippen molar-refractivity contribution in [1.82, 2.24) is 0 Å². The third-order valence-electron chi connectivity index (χ3n) is 4.27. The predicted molar refractivity (Wildman–Crippen MR) is 105 cm³/mol. The summed E-state index contributed by atoms with van der Waals surface area (Å²) in [7, 11) is 0. The Balaban J connectivity index is 0. The van der Waals surface area contributed by atoms with Gasteiger partial charge in [0.2, 0.25) is 0 Å². The molecule has 2 atom stereocenters. The van der Waals surface area contributed by atoms with Crippen LogP contribution in [0.25, 0.3) is 0 Å². The Bertz CT molecular complexity index is 425. The van der Waals surface area contributed by atoms with E-state index in [2.05, 4.69) is 27.7 Å². The van der Waals surface area contributed by atoms with Gasteiger partial charge in [0.15, 0.2) is 11.7 Å². The van der Waals surface area contributed by atoms with E-state index < -0.39 is 11.7 Å². The Morgan fingerprint density at radius 2 is 1.21 bits per heavy atom. The lowest BCUT2D eigenvalue weighted by Crippen LogP contribution is -2.03. The van der Waals surface area contributed by atoms with Gasteiger partial charge in [-0.3, -0.25) is 0 Å². The van der Waals surface area contributed by atoms with E-state index in [1.54, 1.807) is 13.8 Å². The highest BCUT2D eigenvalue weighted by Gasteiger charge is 2.18. The summed E-state index contributed by atoms with van der Waals surface area (Å²) in [4.78, 5) is 0. The second kappa shape index (κ2) is 13.4. The third-order valence-corrected chi connectivity index (χ3v) is 4.27. The predicted octanol–water partition coefficient (Wildman–Crippen LogP) is 8.42. The van der Waals surface area contributed by atoms with Gasteiger partial charge in [-0.15, -0.1) is 0 Å². The standard InChI is InChI=1S/C20H34F2.C2H6/c1-13(2)9-11-15(5)17(7)19(21)20(22)18(8)16(6)12-10-14(3)4;1-2/h9,11,13-16H,10,12H2,1-8H3;1-2H3/b11-9-,19-17-,20-18-;. The van der Waals surface area contributed by atoms with Crippen molar-refractivity contribution in [3.8, 4) is 0 Å². The Kier molecular flexibility index (Phi) is 14.1. The molecule has 0 fully saturated rings. The highest BCUT2D eigenvalue weighted by Crippen LogP contribution is 2.30. The summed E-state index contributed by atoms with van der Waals surface area (Å²) in [5.74, 6) is -0.374. The Hall–Kier alpha value is -0.920. The van der Waals surface area contributed by atoms with Crippen molar-refractivity contribution in [3.63, 3.8) is 0 Å². The zero-order valence-electron chi connectivity index (χ0n) is 17.6. The Morgan fingerprint density at radius 1 is 0.750 bits per heavy atom. The topological polar surface area (TPSA) is 0 Å². The van der Waals surface area contributed by atoms with Crippen LogP contribution in [-0.2, 0) is 0 Å². The van der Waals surface area contributed by atoms with Crippen LogP contribution < -0.4 is 0 Å². The lowest BCUT2D eigenvalue weighted by molar-refractivity contribution is 0.463. The molecule has 0 spiro atoms. The van der Waals surface area contributed by atoms with Crippen LogP contribution in [0, 0.1) is 23.7 Å². The molecule has 0 radical (unpaired) electrons. The number of allylic oxidation sites excluding steroid dienone is 6. The van der Waals surface area contributed by atoms with E-state index >= 15 is 0 Å². The fraction of sp³-hybridized carbons (Fsp3) is 0.727. The van der Waals surface area contributed by atoms with Gasteiger partial charge < -0.3 is 0 Å². The fourth-order valence-electron chi connectivity index (χ4n) is 2.10. The summed E-state index contributed by atoms with van der Waals surface area (Å²) >= 11 is 0. The lowest BCUT2D eigenvalue weighted by atomic mass is 9.91. The largest absolute Gasteiger partial charge is 0.204 e. The zero-order chi connectivity index (χ0) is 19.4. The first-order valence-electron chi connectivity index (χ1n) is 9.49. The summed E-state index contributed by atoms with van der Waals surface area (Å²) in [6, 6.07) is 0. The first kappa shape index (κ1) is 25.3. The first-order chi connectivity index (χ1) is 11.1. The molecule has 2 heteroatoms. The second-order valence-electron chi connectivity index (χ2n) is 7.28. The average Bonchev–Trinajstić information content (AvgIpc) is 2.56. The summed E-state index contributed by atoms with van der Waals surface area (Å²) in [5, 5.41) is 0. The smallest absolute Gasteiger partial charge is 0.158 e.